The molecule has 1 heterocycles. The van der Waals surface area contributed by atoms with E-state index < -0.39 is 0 Å². The molecular weight excluding hydrogens is 260 g/mol. The highest BCUT2D eigenvalue weighted by Crippen LogP contribution is 2.64. The summed E-state index contributed by atoms with van der Waals surface area (Å²) >= 11 is 0. The van der Waals surface area contributed by atoms with Gasteiger partial charge in [0, 0.05) is 18.6 Å². The van der Waals surface area contributed by atoms with Gasteiger partial charge in [-0.25, -0.2) is 0 Å². The number of nitrogens with zero attached hydrogens (tertiary/aromatic N) is 1. The predicted octanol–water partition coefficient (Wildman–Crippen LogP) is 2.94. The second kappa shape index (κ2) is 4.47. The van der Waals surface area contributed by atoms with Crippen LogP contribution in [0.4, 0.5) is 0 Å². The van der Waals surface area contributed by atoms with Gasteiger partial charge in [0.15, 0.2) is 0 Å². The minimum Gasteiger partial charge on any atom is -0.337 e. The van der Waals surface area contributed by atoms with Crippen molar-refractivity contribution in [2.75, 3.05) is 6.54 Å². The van der Waals surface area contributed by atoms with Crippen LogP contribution in [0.25, 0.3) is 0 Å². The maximum atomic E-state index is 13.0. The quantitative estimate of drug-likeness (QED) is 0.867. The summed E-state index contributed by atoms with van der Waals surface area (Å²) in [5.74, 6) is 1.22. The van der Waals surface area contributed by atoms with Gasteiger partial charge in [0.05, 0.1) is 6.04 Å². The highest BCUT2D eigenvalue weighted by atomic mass is 16.2. The molecule has 2 bridgehead atoms. The molecule has 118 valence electrons. The van der Waals surface area contributed by atoms with E-state index >= 15 is 0 Å². The molecule has 1 N–H and O–H groups in total. The Labute approximate surface area is 128 Å². The average molecular weight is 290 g/mol. The van der Waals surface area contributed by atoms with Crippen LogP contribution in [0.2, 0.25) is 0 Å². The maximum Gasteiger partial charge on any atom is 0.240 e. The van der Waals surface area contributed by atoms with Crippen LogP contribution in [0.3, 0.4) is 0 Å². The van der Waals surface area contributed by atoms with Gasteiger partial charge in [-0.15, -0.1) is 0 Å². The maximum absolute atomic E-state index is 13.0. The second-order valence-corrected chi connectivity index (χ2v) is 8.99. The van der Waals surface area contributed by atoms with Crippen molar-refractivity contribution in [1.82, 2.24) is 10.2 Å². The number of amides is 1. The van der Waals surface area contributed by atoms with Crippen LogP contribution in [0.15, 0.2) is 0 Å². The van der Waals surface area contributed by atoms with Gasteiger partial charge in [0.25, 0.3) is 0 Å². The molecule has 1 saturated heterocycles. The van der Waals surface area contributed by atoms with Crippen LogP contribution in [-0.2, 0) is 4.79 Å². The normalized spacial score (nSPS) is 45.4. The van der Waals surface area contributed by atoms with Crippen LogP contribution in [-0.4, -0.2) is 35.5 Å². The van der Waals surface area contributed by atoms with Crippen LogP contribution < -0.4 is 5.32 Å². The van der Waals surface area contributed by atoms with Crippen molar-refractivity contribution < 1.29 is 4.79 Å². The largest absolute Gasteiger partial charge is 0.337 e. The SMILES string of the molecule is CC12CCC(C1)C(C)(C)C2N1CCCC(NC2CC2)C1=O. The number of carbonyl (C=O) groups excluding carboxylic acids is 1. The molecule has 4 unspecified atom stereocenters. The molecule has 0 radical (unpaired) electrons. The standard InChI is InChI=1S/C18H30N2O/c1-17(2)12-8-9-18(3,11-12)16(17)20-10-4-5-14(15(20)21)19-13-6-7-13/h12-14,16,19H,4-11H2,1-3H3. The molecule has 4 rings (SSSR count). The first kappa shape index (κ1) is 14.0. The average Bonchev–Trinajstić information content (AvgIpc) is 3.09. The Balaban J connectivity index is 1.58. The van der Waals surface area contributed by atoms with E-state index in [1.54, 1.807) is 0 Å². The molecule has 0 aromatic rings. The molecule has 0 spiro atoms. The van der Waals surface area contributed by atoms with Gasteiger partial charge in [-0.05, 0) is 61.7 Å². The van der Waals surface area contributed by atoms with Crippen LogP contribution in [0, 0.1) is 16.7 Å². The minimum atomic E-state index is 0.102. The fourth-order valence-electron chi connectivity index (χ4n) is 5.90. The Bertz CT molecular complexity index is 451. The first-order chi connectivity index (χ1) is 9.92. The smallest absolute Gasteiger partial charge is 0.240 e. The Morgan fingerprint density at radius 3 is 2.52 bits per heavy atom. The molecule has 1 aliphatic heterocycles. The molecule has 3 aliphatic carbocycles. The molecule has 3 heteroatoms. The van der Waals surface area contributed by atoms with E-state index in [0.717, 1.165) is 18.9 Å². The summed E-state index contributed by atoms with van der Waals surface area (Å²) in [7, 11) is 0. The van der Waals surface area contributed by atoms with Crippen LogP contribution >= 0.6 is 0 Å². The lowest BCUT2D eigenvalue weighted by atomic mass is 9.67. The van der Waals surface area contributed by atoms with E-state index in [9.17, 15) is 4.79 Å². The molecule has 21 heavy (non-hydrogen) atoms. The fourth-order valence-corrected chi connectivity index (χ4v) is 5.90. The second-order valence-electron chi connectivity index (χ2n) is 8.99. The number of piperidine rings is 1. The summed E-state index contributed by atoms with van der Waals surface area (Å²) in [5, 5.41) is 3.59. The van der Waals surface area contributed by atoms with Gasteiger partial charge in [-0.3, -0.25) is 4.79 Å². The summed E-state index contributed by atoms with van der Waals surface area (Å²) in [6.45, 7) is 8.26. The predicted molar refractivity (Wildman–Crippen MR) is 83.9 cm³/mol. The third-order valence-corrected chi connectivity index (χ3v) is 6.99. The topological polar surface area (TPSA) is 32.3 Å². The summed E-state index contributed by atoms with van der Waals surface area (Å²) in [4.78, 5) is 15.3. The first-order valence-electron chi connectivity index (χ1n) is 8.98. The van der Waals surface area contributed by atoms with Gasteiger partial charge in [-0.2, -0.15) is 0 Å². The van der Waals surface area contributed by atoms with E-state index in [1.807, 2.05) is 0 Å². The summed E-state index contributed by atoms with van der Waals surface area (Å²) in [5.41, 5.74) is 0.662. The van der Waals surface area contributed by atoms with Gasteiger partial charge in [0.1, 0.15) is 0 Å². The zero-order valence-corrected chi connectivity index (χ0v) is 13.8. The number of nitrogens with one attached hydrogen (secondary N) is 1. The number of hydrogen-bond donors (Lipinski definition) is 1. The molecule has 4 fully saturated rings. The summed E-state index contributed by atoms with van der Waals surface area (Å²) in [6.07, 6.45) is 8.75. The number of rotatable bonds is 3. The molecule has 0 aromatic heterocycles. The fraction of sp³-hybridized carbons (Fsp3) is 0.944. The van der Waals surface area contributed by atoms with E-state index in [4.69, 9.17) is 0 Å². The monoisotopic (exact) mass is 290 g/mol. The first-order valence-corrected chi connectivity index (χ1v) is 8.98. The minimum absolute atomic E-state index is 0.102. The number of hydrogen-bond acceptors (Lipinski definition) is 2. The molecule has 0 aromatic carbocycles. The van der Waals surface area contributed by atoms with E-state index in [1.165, 1.54) is 38.5 Å². The van der Waals surface area contributed by atoms with Gasteiger partial charge >= 0.3 is 0 Å². The summed E-state index contributed by atoms with van der Waals surface area (Å²) in [6, 6.07) is 1.19. The molecule has 4 atom stereocenters. The number of fused-ring (bicyclic) bond motifs is 2. The lowest BCUT2D eigenvalue weighted by molar-refractivity contribution is -0.145. The third kappa shape index (κ3) is 2.07. The Hall–Kier alpha value is -0.570. The Kier molecular flexibility index (Phi) is 2.99. The molecule has 3 saturated carbocycles. The Morgan fingerprint density at radius 1 is 1.14 bits per heavy atom. The van der Waals surface area contributed by atoms with E-state index in [-0.39, 0.29) is 6.04 Å². The molecule has 1 amide bonds. The summed E-state index contributed by atoms with van der Waals surface area (Å²) < 4.78 is 0. The van der Waals surface area contributed by atoms with Crippen molar-refractivity contribution in [2.24, 2.45) is 16.7 Å². The van der Waals surface area contributed by atoms with Crippen molar-refractivity contribution in [3.63, 3.8) is 0 Å². The lowest BCUT2D eigenvalue weighted by Gasteiger charge is -2.51. The van der Waals surface area contributed by atoms with Crippen molar-refractivity contribution >= 4 is 5.91 Å². The third-order valence-electron chi connectivity index (χ3n) is 6.99. The zero-order valence-electron chi connectivity index (χ0n) is 13.8. The highest BCUT2D eigenvalue weighted by Gasteiger charge is 2.62. The highest BCUT2D eigenvalue weighted by molar-refractivity contribution is 5.83. The van der Waals surface area contributed by atoms with Gasteiger partial charge in [-0.1, -0.05) is 20.8 Å². The van der Waals surface area contributed by atoms with Crippen LogP contribution in [0.1, 0.15) is 65.7 Å². The molecule has 4 aliphatic rings. The number of likely N-dealkylation sites (tertiary alicyclic amines) is 1. The van der Waals surface area contributed by atoms with Gasteiger partial charge < -0.3 is 10.2 Å². The van der Waals surface area contributed by atoms with Crippen LogP contribution in [0.5, 0.6) is 0 Å². The van der Waals surface area contributed by atoms with Crippen molar-refractivity contribution in [1.29, 1.82) is 0 Å². The van der Waals surface area contributed by atoms with E-state index in [2.05, 4.69) is 31.0 Å². The lowest BCUT2D eigenvalue weighted by Crippen LogP contribution is -2.61. The molecular formula is C18H30N2O. The molecule has 3 nitrogen and oxygen atoms in total. The van der Waals surface area contributed by atoms with Crippen molar-refractivity contribution in [2.45, 2.75) is 83.8 Å². The van der Waals surface area contributed by atoms with E-state index in [0.29, 0.717) is 28.8 Å². The zero-order chi connectivity index (χ0) is 14.8. The van der Waals surface area contributed by atoms with Crippen molar-refractivity contribution in [3.05, 3.63) is 0 Å². The Morgan fingerprint density at radius 2 is 1.90 bits per heavy atom. The van der Waals surface area contributed by atoms with Gasteiger partial charge in [0.2, 0.25) is 5.91 Å². The van der Waals surface area contributed by atoms with Crippen molar-refractivity contribution in [3.8, 4) is 0 Å². The number of carbonyl (C=O) groups is 1.